The highest BCUT2D eigenvalue weighted by molar-refractivity contribution is 5.93. The van der Waals surface area contributed by atoms with E-state index in [4.69, 9.17) is 4.74 Å². The third kappa shape index (κ3) is 2.96. The van der Waals surface area contributed by atoms with E-state index < -0.39 is 0 Å². The quantitative estimate of drug-likeness (QED) is 0.865. The van der Waals surface area contributed by atoms with Gasteiger partial charge in [0.25, 0.3) is 5.91 Å². The molecule has 1 aromatic carbocycles. The fourth-order valence-electron chi connectivity index (χ4n) is 2.35. The van der Waals surface area contributed by atoms with E-state index in [-0.39, 0.29) is 5.91 Å². The van der Waals surface area contributed by atoms with Crippen molar-refractivity contribution in [3.8, 4) is 11.6 Å². The zero-order chi connectivity index (χ0) is 15.7. The van der Waals surface area contributed by atoms with Gasteiger partial charge in [-0.25, -0.2) is 4.98 Å². The second-order valence-corrected chi connectivity index (χ2v) is 6.27. The highest BCUT2D eigenvalue weighted by Crippen LogP contribution is 2.47. The monoisotopic (exact) mass is 296 g/mol. The zero-order valence-electron chi connectivity index (χ0n) is 13.2. The lowest BCUT2D eigenvalue weighted by Gasteiger charge is -2.11. The smallest absolute Gasteiger partial charge is 0.254 e. The predicted molar refractivity (Wildman–Crippen MR) is 85.4 cm³/mol. The highest BCUT2D eigenvalue weighted by atomic mass is 16.5. The topological polar surface area (TPSA) is 42.4 Å². The average molecular weight is 296 g/mol. The van der Waals surface area contributed by atoms with Crippen LogP contribution < -0.4 is 4.74 Å². The molecule has 1 amide bonds. The fraction of sp³-hybridized carbons (Fsp3) is 0.333. The number of aromatic nitrogens is 1. The maximum absolute atomic E-state index is 11.8. The number of hydrogen-bond acceptors (Lipinski definition) is 3. The molecule has 0 unspecified atom stereocenters. The normalized spacial score (nSPS) is 15.2. The van der Waals surface area contributed by atoms with Crippen LogP contribution in [0.5, 0.6) is 11.6 Å². The molecular formula is C18H20N2O2. The first-order valence-corrected chi connectivity index (χ1v) is 7.44. The molecule has 0 aliphatic heterocycles. The number of carbonyl (C=O) groups is 1. The van der Waals surface area contributed by atoms with Gasteiger partial charge in [-0.3, -0.25) is 4.79 Å². The van der Waals surface area contributed by atoms with Crippen LogP contribution >= 0.6 is 0 Å². The van der Waals surface area contributed by atoms with Crippen LogP contribution in [0.25, 0.3) is 0 Å². The van der Waals surface area contributed by atoms with Crippen molar-refractivity contribution >= 4 is 5.91 Å². The highest BCUT2D eigenvalue weighted by Gasteiger charge is 2.38. The summed E-state index contributed by atoms with van der Waals surface area (Å²) in [5.74, 6) is 1.17. The minimum atomic E-state index is -0.0684. The van der Waals surface area contributed by atoms with E-state index in [9.17, 15) is 4.79 Å². The number of hydrogen-bond donors (Lipinski definition) is 0. The van der Waals surface area contributed by atoms with Crippen molar-refractivity contribution in [1.82, 2.24) is 9.88 Å². The molecule has 4 heteroatoms. The molecular weight excluding hydrogens is 276 g/mol. The fourth-order valence-corrected chi connectivity index (χ4v) is 2.35. The molecule has 2 aromatic rings. The van der Waals surface area contributed by atoms with Gasteiger partial charge in [0, 0.05) is 26.4 Å². The van der Waals surface area contributed by atoms with Crippen LogP contribution in [0.3, 0.4) is 0 Å². The van der Waals surface area contributed by atoms with E-state index in [0.29, 0.717) is 16.9 Å². The Kier molecular flexibility index (Phi) is 3.61. The summed E-state index contributed by atoms with van der Waals surface area (Å²) in [4.78, 5) is 17.5. The molecule has 0 bridgehead atoms. The van der Waals surface area contributed by atoms with Crippen LogP contribution in [0.2, 0.25) is 0 Å². The third-order valence-corrected chi connectivity index (χ3v) is 4.16. The van der Waals surface area contributed by atoms with Gasteiger partial charge >= 0.3 is 0 Å². The Labute approximate surface area is 130 Å². The van der Waals surface area contributed by atoms with E-state index >= 15 is 0 Å². The first-order chi connectivity index (χ1) is 10.5. The van der Waals surface area contributed by atoms with Crippen LogP contribution in [-0.2, 0) is 5.41 Å². The lowest BCUT2D eigenvalue weighted by molar-refractivity contribution is 0.0827. The van der Waals surface area contributed by atoms with Gasteiger partial charge in [0.1, 0.15) is 5.75 Å². The Morgan fingerprint density at radius 3 is 2.32 bits per heavy atom. The van der Waals surface area contributed by atoms with Crippen LogP contribution in [0.15, 0.2) is 42.6 Å². The largest absolute Gasteiger partial charge is 0.439 e. The van der Waals surface area contributed by atoms with Crippen molar-refractivity contribution in [1.29, 1.82) is 0 Å². The lowest BCUT2D eigenvalue weighted by Crippen LogP contribution is -2.21. The van der Waals surface area contributed by atoms with Crippen molar-refractivity contribution in [2.45, 2.75) is 25.2 Å². The van der Waals surface area contributed by atoms with Crippen LogP contribution in [0.4, 0.5) is 0 Å². The van der Waals surface area contributed by atoms with Crippen LogP contribution in [0.1, 0.15) is 35.7 Å². The van der Waals surface area contributed by atoms with Crippen molar-refractivity contribution in [2.24, 2.45) is 0 Å². The SMILES string of the molecule is CN(C)C(=O)c1ccc(Oc2ccc(C3(C)CC3)cc2)nc1. The summed E-state index contributed by atoms with van der Waals surface area (Å²) in [6.45, 7) is 2.28. The van der Waals surface area contributed by atoms with Crippen molar-refractivity contribution in [3.05, 3.63) is 53.7 Å². The number of nitrogens with zero attached hydrogens (tertiary/aromatic N) is 2. The minimum Gasteiger partial charge on any atom is -0.439 e. The standard InChI is InChI=1S/C18H20N2O2/c1-18(10-11-18)14-5-7-15(8-6-14)22-16-9-4-13(12-19-16)17(21)20(2)3/h4-9,12H,10-11H2,1-3H3. The number of amides is 1. The summed E-state index contributed by atoms with van der Waals surface area (Å²) in [6.07, 6.45) is 4.06. The van der Waals surface area contributed by atoms with E-state index in [1.165, 1.54) is 29.5 Å². The van der Waals surface area contributed by atoms with Gasteiger partial charge in [-0.05, 0) is 42.0 Å². The van der Waals surface area contributed by atoms with E-state index in [2.05, 4.69) is 24.0 Å². The number of pyridine rings is 1. The Bertz CT molecular complexity index is 671. The summed E-state index contributed by atoms with van der Waals surface area (Å²) in [5, 5.41) is 0. The molecule has 22 heavy (non-hydrogen) atoms. The number of ether oxygens (including phenoxy) is 1. The Morgan fingerprint density at radius 2 is 1.82 bits per heavy atom. The number of rotatable bonds is 4. The van der Waals surface area contributed by atoms with Crippen LogP contribution in [0, 0.1) is 0 Å². The average Bonchev–Trinajstić information content (AvgIpc) is 3.27. The Hall–Kier alpha value is -2.36. The molecule has 1 saturated carbocycles. The molecule has 114 valence electrons. The van der Waals surface area contributed by atoms with E-state index in [0.717, 1.165) is 5.75 Å². The molecule has 0 radical (unpaired) electrons. The second kappa shape index (κ2) is 5.44. The third-order valence-electron chi connectivity index (χ3n) is 4.16. The van der Waals surface area contributed by atoms with E-state index in [1.807, 2.05) is 12.1 Å². The molecule has 3 rings (SSSR count). The van der Waals surface area contributed by atoms with Gasteiger partial charge in [0.05, 0.1) is 5.56 Å². The molecule has 4 nitrogen and oxygen atoms in total. The van der Waals surface area contributed by atoms with Gasteiger partial charge in [-0.2, -0.15) is 0 Å². The van der Waals surface area contributed by atoms with Gasteiger partial charge in [-0.1, -0.05) is 19.1 Å². The summed E-state index contributed by atoms with van der Waals surface area (Å²) >= 11 is 0. The predicted octanol–water partition coefficient (Wildman–Crippen LogP) is 3.63. The van der Waals surface area contributed by atoms with Crippen molar-refractivity contribution in [2.75, 3.05) is 14.1 Å². The lowest BCUT2D eigenvalue weighted by atomic mass is 9.99. The summed E-state index contributed by atoms with van der Waals surface area (Å²) in [6, 6.07) is 11.6. The molecule has 1 aliphatic rings. The van der Waals surface area contributed by atoms with Gasteiger partial charge in [0.15, 0.2) is 0 Å². The van der Waals surface area contributed by atoms with Gasteiger partial charge in [0.2, 0.25) is 5.88 Å². The minimum absolute atomic E-state index is 0.0684. The molecule has 1 fully saturated rings. The molecule has 1 aromatic heterocycles. The van der Waals surface area contributed by atoms with Gasteiger partial charge < -0.3 is 9.64 Å². The Morgan fingerprint density at radius 1 is 1.14 bits per heavy atom. The van der Waals surface area contributed by atoms with Crippen molar-refractivity contribution < 1.29 is 9.53 Å². The first-order valence-electron chi connectivity index (χ1n) is 7.44. The Balaban J connectivity index is 1.69. The second-order valence-electron chi connectivity index (χ2n) is 6.27. The number of carbonyl (C=O) groups excluding carboxylic acids is 1. The van der Waals surface area contributed by atoms with Gasteiger partial charge in [-0.15, -0.1) is 0 Å². The van der Waals surface area contributed by atoms with Crippen molar-refractivity contribution in [3.63, 3.8) is 0 Å². The van der Waals surface area contributed by atoms with Crippen LogP contribution in [-0.4, -0.2) is 29.9 Å². The zero-order valence-corrected chi connectivity index (χ0v) is 13.2. The number of benzene rings is 1. The molecule has 1 heterocycles. The first kappa shape index (κ1) is 14.6. The maximum atomic E-state index is 11.8. The molecule has 0 atom stereocenters. The molecule has 0 N–H and O–H groups in total. The molecule has 1 aliphatic carbocycles. The molecule has 0 spiro atoms. The molecule has 0 saturated heterocycles. The van der Waals surface area contributed by atoms with E-state index in [1.54, 1.807) is 26.2 Å². The summed E-state index contributed by atoms with van der Waals surface area (Å²) < 4.78 is 5.73. The summed E-state index contributed by atoms with van der Waals surface area (Å²) in [7, 11) is 3.43. The maximum Gasteiger partial charge on any atom is 0.254 e. The summed E-state index contributed by atoms with van der Waals surface area (Å²) in [5.41, 5.74) is 2.28.